The lowest BCUT2D eigenvalue weighted by molar-refractivity contribution is -0.138. The minimum absolute atomic E-state index is 0.0603. The average Bonchev–Trinajstić information content (AvgIpc) is 2.65. The van der Waals surface area contributed by atoms with Crippen LogP contribution in [0.4, 0.5) is 23.7 Å². The highest BCUT2D eigenvalue weighted by molar-refractivity contribution is 6.39. The smallest absolute Gasteiger partial charge is 0.418 e. The van der Waals surface area contributed by atoms with E-state index in [1.807, 2.05) is 5.32 Å². The molecule has 1 saturated heterocycles. The molecular weight excluding hydrogens is 367 g/mol. The summed E-state index contributed by atoms with van der Waals surface area (Å²) in [6.45, 7) is 1.14. The minimum Gasteiger partial charge on any atom is -0.453 e. The maximum atomic E-state index is 12.9. The summed E-state index contributed by atoms with van der Waals surface area (Å²) in [6.07, 6.45) is -3.82. The summed E-state index contributed by atoms with van der Waals surface area (Å²) in [5, 5.41) is 4.42. The third-order valence-corrected chi connectivity index (χ3v) is 4.29. The number of hydrogen-bond donors (Lipinski definition) is 2. The molecule has 3 amide bonds. The van der Waals surface area contributed by atoms with Crippen molar-refractivity contribution in [1.29, 1.82) is 0 Å². The van der Waals surface area contributed by atoms with Crippen LogP contribution >= 0.6 is 0 Å². The van der Waals surface area contributed by atoms with Gasteiger partial charge in [0.05, 0.1) is 18.4 Å². The number of ether oxygens (including phenoxy) is 1. The molecule has 27 heavy (non-hydrogen) atoms. The topological polar surface area (TPSA) is 87.7 Å². The lowest BCUT2D eigenvalue weighted by Crippen LogP contribution is -2.43. The molecule has 1 aromatic carbocycles. The van der Waals surface area contributed by atoms with Crippen molar-refractivity contribution >= 4 is 23.6 Å². The summed E-state index contributed by atoms with van der Waals surface area (Å²) in [5.41, 5.74) is -1.50. The zero-order chi connectivity index (χ0) is 20.0. The van der Waals surface area contributed by atoms with Gasteiger partial charge in [-0.15, -0.1) is 0 Å². The molecule has 2 N–H and O–H groups in total. The molecule has 7 nitrogen and oxygen atoms in total. The first-order valence-corrected chi connectivity index (χ1v) is 8.30. The van der Waals surface area contributed by atoms with Gasteiger partial charge in [0.1, 0.15) is 0 Å². The fourth-order valence-corrected chi connectivity index (χ4v) is 2.78. The van der Waals surface area contributed by atoms with E-state index in [-0.39, 0.29) is 12.5 Å². The Morgan fingerprint density at radius 3 is 2.37 bits per heavy atom. The lowest BCUT2D eigenvalue weighted by Gasteiger charge is -2.30. The van der Waals surface area contributed by atoms with E-state index in [9.17, 15) is 27.6 Å². The number of nitrogens with zero attached hydrogens (tertiary/aromatic N) is 1. The van der Waals surface area contributed by atoms with Gasteiger partial charge in [-0.05, 0) is 30.9 Å². The van der Waals surface area contributed by atoms with Crippen LogP contribution in [0.5, 0.6) is 0 Å². The highest BCUT2D eigenvalue weighted by Crippen LogP contribution is 2.34. The predicted molar refractivity (Wildman–Crippen MR) is 89.8 cm³/mol. The van der Waals surface area contributed by atoms with Gasteiger partial charge in [0, 0.05) is 19.6 Å². The maximum absolute atomic E-state index is 12.9. The number of amides is 3. The van der Waals surface area contributed by atoms with Crippen LogP contribution in [-0.4, -0.2) is 49.6 Å². The number of halogens is 3. The Labute approximate surface area is 153 Å². The van der Waals surface area contributed by atoms with Crippen LogP contribution in [0.1, 0.15) is 18.4 Å². The van der Waals surface area contributed by atoms with Crippen LogP contribution in [0, 0.1) is 5.92 Å². The van der Waals surface area contributed by atoms with Crippen molar-refractivity contribution in [3.8, 4) is 0 Å². The average molecular weight is 387 g/mol. The number of nitrogens with one attached hydrogen (secondary N) is 2. The zero-order valence-corrected chi connectivity index (χ0v) is 14.6. The summed E-state index contributed by atoms with van der Waals surface area (Å²) in [6, 6.07) is 4.43. The molecule has 0 spiro atoms. The fourth-order valence-electron chi connectivity index (χ4n) is 2.78. The van der Waals surface area contributed by atoms with E-state index in [1.54, 1.807) is 4.90 Å². The van der Waals surface area contributed by atoms with E-state index >= 15 is 0 Å². The van der Waals surface area contributed by atoms with Crippen LogP contribution in [0.15, 0.2) is 24.3 Å². The number of hydrogen-bond acceptors (Lipinski definition) is 4. The van der Waals surface area contributed by atoms with Gasteiger partial charge in [-0.2, -0.15) is 13.2 Å². The van der Waals surface area contributed by atoms with E-state index in [4.69, 9.17) is 0 Å². The molecule has 1 heterocycles. The van der Waals surface area contributed by atoms with E-state index in [1.165, 1.54) is 19.2 Å². The van der Waals surface area contributed by atoms with E-state index in [0.29, 0.717) is 25.9 Å². The Hall–Kier alpha value is -2.78. The Morgan fingerprint density at radius 1 is 1.15 bits per heavy atom. The molecule has 1 aromatic rings. The molecule has 0 radical (unpaired) electrons. The largest absolute Gasteiger partial charge is 0.453 e. The number of piperidine rings is 1. The number of rotatable bonds is 3. The van der Waals surface area contributed by atoms with Gasteiger partial charge in [0.2, 0.25) is 0 Å². The Morgan fingerprint density at radius 2 is 1.78 bits per heavy atom. The number of likely N-dealkylation sites (tertiary alicyclic amines) is 1. The van der Waals surface area contributed by atoms with Gasteiger partial charge in [-0.1, -0.05) is 12.1 Å². The first-order chi connectivity index (χ1) is 12.7. The number of para-hydroxylation sites is 1. The molecule has 0 aromatic heterocycles. The van der Waals surface area contributed by atoms with Crippen molar-refractivity contribution in [2.24, 2.45) is 5.92 Å². The van der Waals surface area contributed by atoms with E-state index in [2.05, 4.69) is 10.1 Å². The SMILES string of the molecule is COC(=O)N1CCC(CNC(=O)C(=O)Nc2ccccc2C(F)(F)F)CC1. The molecule has 1 aliphatic heterocycles. The van der Waals surface area contributed by atoms with Gasteiger partial charge in [0.15, 0.2) is 0 Å². The Kier molecular flexibility index (Phi) is 6.65. The van der Waals surface area contributed by atoms with Crippen LogP contribution in [-0.2, 0) is 20.5 Å². The van der Waals surface area contributed by atoms with Crippen molar-refractivity contribution in [1.82, 2.24) is 10.2 Å². The van der Waals surface area contributed by atoms with Crippen LogP contribution in [0.2, 0.25) is 0 Å². The zero-order valence-electron chi connectivity index (χ0n) is 14.6. The molecular formula is C17H20F3N3O4. The van der Waals surface area contributed by atoms with Crippen molar-refractivity contribution in [2.45, 2.75) is 19.0 Å². The Balaban J connectivity index is 1.84. The molecule has 148 valence electrons. The molecule has 0 bridgehead atoms. The quantitative estimate of drug-likeness (QED) is 0.779. The second-order valence-electron chi connectivity index (χ2n) is 6.11. The number of alkyl halides is 3. The molecule has 2 rings (SSSR count). The first kappa shape index (κ1) is 20.5. The maximum Gasteiger partial charge on any atom is 0.418 e. The third-order valence-electron chi connectivity index (χ3n) is 4.29. The summed E-state index contributed by atoms with van der Waals surface area (Å²) < 4.78 is 43.4. The van der Waals surface area contributed by atoms with Crippen molar-refractivity contribution in [3.63, 3.8) is 0 Å². The second kappa shape index (κ2) is 8.74. The number of benzene rings is 1. The van der Waals surface area contributed by atoms with Crippen molar-refractivity contribution in [2.75, 3.05) is 32.1 Å². The summed E-state index contributed by atoms with van der Waals surface area (Å²) in [7, 11) is 1.30. The predicted octanol–water partition coefficient (Wildman–Crippen LogP) is 2.24. The number of anilines is 1. The molecule has 0 aliphatic carbocycles. The third kappa shape index (κ3) is 5.60. The first-order valence-electron chi connectivity index (χ1n) is 8.30. The standard InChI is InChI=1S/C17H20F3N3O4/c1-27-16(26)23-8-6-11(7-9-23)10-21-14(24)15(25)22-13-5-3-2-4-12(13)17(18,19)20/h2-5,11H,6-10H2,1H3,(H,21,24)(H,22,25). The van der Waals surface area contributed by atoms with Gasteiger partial charge < -0.3 is 20.3 Å². The van der Waals surface area contributed by atoms with E-state index in [0.717, 1.165) is 12.1 Å². The van der Waals surface area contributed by atoms with Gasteiger partial charge >= 0.3 is 24.1 Å². The van der Waals surface area contributed by atoms with Crippen LogP contribution in [0.25, 0.3) is 0 Å². The Bertz CT molecular complexity index is 701. The van der Waals surface area contributed by atoms with Crippen LogP contribution < -0.4 is 10.6 Å². The lowest BCUT2D eigenvalue weighted by atomic mass is 9.97. The number of carbonyl (C=O) groups excluding carboxylic acids is 3. The normalized spacial score (nSPS) is 15.2. The number of carbonyl (C=O) groups is 3. The molecule has 1 aliphatic rings. The van der Waals surface area contributed by atoms with E-state index < -0.39 is 35.3 Å². The fraction of sp³-hybridized carbons (Fsp3) is 0.471. The molecule has 0 unspecified atom stereocenters. The van der Waals surface area contributed by atoms with Gasteiger partial charge in [-0.25, -0.2) is 4.79 Å². The second-order valence-corrected chi connectivity index (χ2v) is 6.11. The summed E-state index contributed by atoms with van der Waals surface area (Å²) in [4.78, 5) is 36.7. The minimum atomic E-state index is -4.64. The monoisotopic (exact) mass is 387 g/mol. The summed E-state index contributed by atoms with van der Waals surface area (Å²) in [5.74, 6) is -2.12. The van der Waals surface area contributed by atoms with Gasteiger partial charge in [0.25, 0.3) is 0 Å². The van der Waals surface area contributed by atoms with Gasteiger partial charge in [-0.3, -0.25) is 9.59 Å². The highest BCUT2D eigenvalue weighted by Gasteiger charge is 2.34. The number of methoxy groups -OCH3 is 1. The molecule has 0 atom stereocenters. The summed E-state index contributed by atoms with van der Waals surface area (Å²) >= 11 is 0. The molecule has 1 fully saturated rings. The van der Waals surface area contributed by atoms with Crippen molar-refractivity contribution < 1.29 is 32.3 Å². The molecule has 0 saturated carbocycles. The molecule has 10 heteroatoms. The van der Waals surface area contributed by atoms with Crippen LogP contribution in [0.3, 0.4) is 0 Å². The van der Waals surface area contributed by atoms with Crippen molar-refractivity contribution in [3.05, 3.63) is 29.8 Å². The highest BCUT2D eigenvalue weighted by atomic mass is 19.4.